The minimum absolute atomic E-state index is 0.0181. The summed E-state index contributed by atoms with van der Waals surface area (Å²) in [6.45, 7) is 3.35. The predicted octanol–water partition coefficient (Wildman–Crippen LogP) is 5.13. The fraction of sp³-hybridized carbons (Fsp3) is 0.250. The van der Waals surface area contributed by atoms with Crippen molar-refractivity contribution in [2.75, 3.05) is 0 Å². The highest BCUT2D eigenvalue weighted by molar-refractivity contribution is 6.23. The lowest BCUT2D eigenvalue weighted by Crippen LogP contribution is -2.01. The second-order valence-electron chi connectivity index (χ2n) is 6.04. The Morgan fingerprint density at radius 3 is 2.25 bits per heavy atom. The molecule has 3 rings (SSSR count). The Morgan fingerprint density at radius 2 is 1.71 bits per heavy atom. The Balaban J connectivity index is 2.17. The van der Waals surface area contributed by atoms with E-state index in [9.17, 15) is 18.7 Å². The smallest absolute Gasteiger partial charge is 0.167 e. The van der Waals surface area contributed by atoms with E-state index in [4.69, 9.17) is 0 Å². The summed E-state index contributed by atoms with van der Waals surface area (Å²) in [5.74, 6) is -1.22. The number of Topliss-reactive ketones (excluding diaryl/α,β-unsaturated/α-hetero) is 1. The summed E-state index contributed by atoms with van der Waals surface area (Å²) in [6.07, 6.45) is 1.33. The Bertz CT molecular complexity index is 843. The van der Waals surface area contributed by atoms with Gasteiger partial charge in [0.1, 0.15) is 17.4 Å². The minimum atomic E-state index is -0.606. The molecule has 2 nitrogen and oxygen atoms in total. The van der Waals surface area contributed by atoms with Crippen LogP contribution in [0.5, 0.6) is 0 Å². The van der Waals surface area contributed by atoms with Gasteiger partial charge in [0.05, 0.1) is 5.57 Å². The first kappa shape index (κ1) is 16.4. The van der Waals surface area contributed by atoms with Crippen LogP contribution in [0.15, 0.2) is 36.1 Å². The van der Waals surface area contributed by atoms with E-state index in [0.29, 0.717) is 41.5 Å². The summed E-state index contributed by atoms with van der Waals surface area (Å²) in [5.41, 5.74) is 2.90. The highest BCUT2D eigenvalue weighted by Crippen LogP contribution is 2.35. The van der Waals surface area contributed by atoms with Gasteiger partial charge in [-0.05, 0) is 53.8 Å². The Hall–Kier alpha value is -2.49. The lowest BCUT2D eigenvalue weighted by atomic mass is 9.92. The van der Waals surface area contributed by atoms with Gasteiger partial charge in [-0.15, -0.1) is 0 Å². The van der Waals surface area contributed by atoms with Gasteiger partial charge in [-0.3, -0.25) is 4.79 Å². The van der Waals surface area contributed by atoms with Crippen LogP contribution in [0.4, 0.5) is 8.78 Å². The van der Waals surface area contributed by atoms with Crippen LogP contribution >= 0.6 is 0 Å². The second kappa shape index (κ2) is 6.19. The third-order valence-electron chi connectivity index (χ3n) is 4.53. The van der Waals surface area contributed by atoms with Crippen LogP contribution in [0.2, 0.25) is 0 Å². The lowest BCUT2D eigenvalue weighted by molar-refractivity contribution is -0.113. The molecule has 0 spiro atoms. The molecule has 1 N–H and O–H groups in total. The van der Waals surface area contributed by atoms with Gasteiger partial charge in [-0.2, -0.15) is 0 Å². The number of ketones is 1. The predicted molar refractivity (Wildman–Crippen MR) is 89.7 cm³/mol. The number of aliphatic hydroxyl groups is 1. The van der Waals surface area contributed by atoms with E-state index in [0.717, 1.165) is 5.56 Å². The van der Waals surface area contributed by atoms with Gasteiger partial charge in [-0.1, -0.05) is 19.1 Å². The summed E-state index contributed by atoms with van der Waals surface area (Å²) in [4.78, 5) is 12.1. The number of halogens is 2. The molecule has 1 aliphatic rings. The summed E-state index contributed by atoms with van der Waals surface area (Å²) in [5, 5.41) is 10.1. The summed E-state index contributed by atoms with van der Waals surface area (Å²) in [7, 11) is 0. The molecule has 0 heterocycles. The van der Waals surface area contributed by atoms with Crippen LogP contribution in [0.3, 0.4) is 0 Å². The van der Waals surface area contributed by atoms with Crippen molar-refractivity contribution in [1.29, 1.82) is 0 Å². The lowest BCUT2D eigenvalue weighted by Gasteiger charge is -2.12. The zero-order chi connectivity index (χ0) is 17.4. The maximum absolute atomic E-state index is 13.9. The van der Waals surface area contributed by atoms with Gasteiger partial charge in [0, 0.05) is 18.4 Å². The van der Waals surface area contributed by atoms with Crippen molar-refractivity contribution in [3.63, 3.8) is 0 Å². The van der Waals surface area contributed by atoms with Crippen molar-refractivity contribution in [3.05, 3.63) is 64.4 Å². The van der Waals surface area contributed by atoms with Gasteiger partial charge in [-0.25, -0.2) is 8.78 Å². The van der Waals surface area contributed by atoms with Crippen molar-refractivity contribution in [1.82, 2.24) is 0 Å². The molecule has 0 fully saturated rings. The number of benzene rings is 2. The van der Waals surface area contributed by atoms with Crippen LogP contribution in [0.25, 0.3) is 16.7 Å². The van der Waals surface area contributed by atoms with Crippen LogP contribution in [0, 0.1) is 18.6 Å². The molecule has 0 saturated carbocycles. The van der Waals surface area contributed by atoms with E-state index in [2.05, 4.69) is 0 Å². The molecule has 0 aliphatic heterocycles. The Labute approximate surface area is 139 Å². The van der Waals surface area contributed by atoms with E-state index < -0.39 is 11.6 Å². The zero-order valence-corrected chi connectivity index (χ0v) is 13.6. The minimum Gasteiger partial charge on any atom is -0.512 e. The SMILES string of the molecule is CCc1ccc(-c2cc(F)c(C)c(F)c2)cc1C1=C(O)CCC1=O. The molecule has 0 saturated heterocycles. The van der Waals surface area contributed by atoms with Gasteiger partial charge < -0.3 is 5.11 Å². The van der Waals surface area contributed by atoms with E-state index in [1.165, 1.54) is 19.1 Å². The van der Waals surface area contributed by atoms with Crippen LogP contribution in [-0.2, 0) is 11.2 Å². The van der Waals surface area contributed by atoms with E-state index >= 15 is 0 Å². The number of aliphatic hydroxyl groups excluding tert-OH is 1. The molecule has 124 valence electrons. The first-order valence-corrected chi connectivity index (χ1v) is 7.97. The second-order valence-corrected chi connectivity index (χ2v) is 6.04. The molecule has 0 amide bonds. The largest absolute Gasteiger partial charge is 0.512 e. The first-order valence-electron chi connectivity index (χ1n) is 7.97. The quantitative estimate of drug-likeness (QED) is 0.847. The Morgan fingerprint density at radius 1 is 1.04 bits per heavy atom. The fourth-order valence-electron chi connectivity index (χ4n) is 3.06. The maximum atomic E-state index is 13.9. The van der Waals surface area contributed by atoms with Gasteiger partial charge in [0.25, 0.3) is 0 Å². The van der Waals surface area contributed by atoms with E-state index in [1.807, 2.05) is 13.0 Å². The molecule has 2 aromatic rings. The topological polar surface area (TPSA) is 37.3 Å². The highest BCUT2D eigenvalue weighted by atomic mass is 19.1. The molecule has 0 radical (unpaired) electrons. The maximum Gasteiger partial charge on any atom is 0.167 e. The molecular formula is C20H18F2O2. The zero-order valence-electron chi connectivity index (χ0n) is 13.6. The number of hydrogen-bond donors (Lipinski definition) is 1. The molecule has 4 heteroatoms. The molecule has 0 atom stereocenters. The number of rotatable bonds is 3. The average Bonchev–Trinajstić information content (AvgIpc) is 2.90. The van der Waals surface area contributed by atoms with Gasteiger partial charge >= 0.3 is 0 Å². The third-order valence-corrected chi connectivity index (χ3v) is 4.53. The molecule has 0 unspecified atom stereocenters. The normalized spacial score (nSPS) is 14.6. The highest BCUT2D eigenvalue weighted by Gasteiger charge is 2.26. The van der Waals surface area contributed by atoms with E-state index in [-0.39, 0.29) is 17.1 Å². The fourth-order valence-corrected chi connectivity index (χ4v) is 3.06. The third kappa shape index (κ3) is 2.73. The summed E-state index contributed by atoms with van der Waals surface area (Å²) >= 11 is 0. The molecule has 24 heavy (non-hydrogen) atoms. The van der Waals surface area contributed by atoms with Gasteiger partial charge in [0.2, 0.25) is 0 Å². The molecule has 1 aliphatic carbocycles. The van der Waals surface area contributed by atoms with Crippen molar-refractivity contribution in [2.24, 2.45) is 0 Å². The summed E-state index contributed by atoms with van der Waals surface area (Å²) < 4.78 is 27.7. The van der Waals surface area contributed by atoms with Crippen molar-refractivity contribution in [3.8, 4) is 11.1 Å². The van der Waals surface area contributed by atoms with Gasteiger partial charge in [0.15, 0.2) is 5.78 Å². The molecular weight excluding hydrogens is 310 g/mol. The van der Waals surface area contributed by atoms with Crippen molar-refractivity contribution < 1.29 is 18.7 Å². The van der Waals surface area contributed by atoms with E-state index in [1.54, 1.807) is 12.1 Å². The number of carbonyl (C=O) groups is 1. The van der Waals surface area contributed by atoms with Crippen molar-refractivity contribution >= 4 is 11.4 Å². The summed E-state index contributed by atoms with van der Waals surface area (Å²) in [6, 6.07) is 7.92. The number of hydrogen-bond acceptors (Lipinski definition) is 2. The standard InChI is InChI=1S/C20H18F2O2/c1-3-12-4-5-13(14-9-16(21)11(2)17(22)10-14)8-15(12)20-18(23)6-7-19(20)24/h4-5,8-10,23H,3,6-7H2,1-2H3. The number of carbonyl (C=O) groups excluding carboxylic acids is 1. The monoisotopic (exact) mass is 328 g/mol. The molecule has 0 bridgehead atoms. The molecule has 2 aromatic carbocycles. The van der Waals surface area contributed by atoms with Crippen LogP contribution in [0.1, 0.15) is 36.5 Å². The Kier molecular flexibility index (Phi) is 4.22. The average molecular weight is 328 g/mol. The molecule has 0 aromatic heterocycles. The van der Waals surface area contributed by atoms with Crippen LogP contribution in [-0.4, -0.2) is 10.9 Å². The number of allylic oxidation sites excluding steroid dienone is 2. The number of aryl methyl sites for hydroxylation is 1. The van der Waals surface area contributed by atoms with Crippen LogP contribution < -0.4 is 0 Å². The first-order chi connectivity index (χ1) is 11.4. The van der Waals surface area contributed by atoms with Crippen molar-refractivity contribution in [2.45, 2.75) is 33.1 Å².